The fraction of sp³-hybridized carbons (Fsp3) is 0.812. The van der Waals surface area contributed by atoms with Crippen LogP contribution in [0.15, 0.2) is 0 Å². The first-order valence-corrected chi connectivity index (χ1v) is 7.89. The molecule has 22 heavy (non-hydrogen) atoms. The van der Waals surface area contributed by atoms with E-state index in [9.17, 15) is 9.59 Å². The Morgan fingerprint density at radius 2 is 2.09 bits per heavy atom. The second-order valence-electron chi connectivity index (χ2n) is 6.83. The van der Waals surface area contributed by atoms with Crippen molar-refractivity contribution in [3.63, 3.8) is 0 Å². The highest BCUT2D eigenvalue weighted by atomic mass is 16.6. The third-order valence-electron chi connectivity index (χ3n) is 3.84. The number of alkyl carbamates (subject to hydrolysis) is 1. The minimum Gasteiger partial charge on any atom is -0.444 e. The zero-order chi connectivity index (χ0) is 16.9. The number of nitriles is 1. The molecule has 1 aliphatic rings. The van der Waals surface area contributed by atoms with Crippen molar-refractivity contribution >= 4 is 12.0 Å². The van der Waals surface area contributed by atoms with Gasteiger partial charge in [-0.1, -0.05) is 20.3 Å². The summed E-state index contributed by atoms with van der Waals surface area (Å²) >= 11 is 0. The highest BCUT2D eigenvalue weighted by Gasteiger charge is 2.36. The lowest BCUT2D eigenvalue weighted by Crippen LogP contribution is -2.53. The van der Waals surface area contributed by atoms with E-state index in [2.05, 4.69) is 11.4 Å². The van der Waals surface area contributed by atoms with E-state index in [1.807, 2.05) is 13.8 Å². The molecule has 0 aromatic rings. The molecule has 1 fully saturated rings. The highest BCUT2D eigenvalue weighted by molar-refractivity contribution is 5.86. The molecule has 0 radical (unpaired) electrons. The number of carbonyl (C=O) groups is 2. The summed E-state index contributed by atoms with van der Waals surface area (Å²) in [5.74, 6) is -0.218. The van der Waals surface area contributed by atoms with Crippen molar-refractivity contribution in [3.8, 4) is 6.07 Å². The van der Waals surface area contributed by atoms with Gasteiger partial charge in [0.15, 0.2) is 0 Å². The molecule has 2 unspecified atom stereocenters. The van der Waals surface area contributed by atoms with E-state index in [1.165, 1.54) is 0 Å². The summed E-state index contributed by atoms with van der Waals surface area (Å²) in [5, 5.41) is 11.8. The molecule has 0 saturated carbocycles. The van der Waals surface area contributed by atoms with Gasteiger partial charge in [0.05, 0.1) is 6.07 Å². The van der Waals surface area contributed by atoms with E-state index in [4.69, 9.17) is 10.00 Å². The van der Waals surface area contributed by atoms with Crippen molar-refractivity contribution in [3.05, 3.63) is 0 Å². The van der Waals surface area contributed by atoms with E-state index < -0.39 is 17.7 Å². The van der Waals surface area contributed by atoms with Gasteiger partial charge in [0.1, 0.15) is 17.7 Å². The van der Waals surface area contributed by atoms with E-state index in [1.54, 1.807) is 25.7 Å². The Hall–Kier alpha value is -1.77. The first kappa shape index (κ1) is 18.3. The first-order chi connectivity index (χ1) is 10.2. The first-order valence-electron chi connectivity index (χ1n) is 7.89. The monoisotopic (exact) mass is 309 g/mol. The second kappa shape index (κ2) is 7.48. The largest absolute Gasteiger partial charge is 0.444 e. The topological polar surface area (TPSA) is 82.4 Å². The molecular formula is C16H27N3O3. The van der Waals surface area contributed by atoms with Crippen molar-refractivity contribution in [2.45, 2.75) is 71.6 Å². The maximum Gasteiger partial charge on any atom is 0.408 e. The number of carbonyl (C=O) groups excluding carboxylic acids is 2. The van der Waals surface area contributed by atoms with Crippen LogP contribution in [0.3, 0.4) is 0 Å². The van der Waals surface area contributed by atoms with Crippen LogP contribution in [-0.2, 0) is 9.53 Å². The highest BCUT2D eigenvalue weighted by Crippen LogP contribution is 2.21. The van der Waals surface area contributed by atoms with Crippen LogP contribution >= 0.6 is 0 Å². The average molecular weight is 309 g/mol. The van der Waals surface area contributed by atoms with Crippen LogP contribution in [0.4, 0.5) is 4.79 Å². The van der Waals surface area contributed by atoms with Gasteiger partial charge >= 0.3 is 6.09 Å². The van der Waals surface area contributed by atoms with Gasteiger partial charge in [-0.25, -0.2) is 4.79 Å². The standard InChI is InChI=1S/C16H27N3O3/c1-6-11(2)13(18-15(21)22-16(3,4)5)14(20)19-9-7-8-12(19)10-17/h11-13H,6-9H2,1-5H3,(H,18,21)/t11?,12?,13-/m0/s1. The van der Waals surface area contributed by atoms with Crippen LogP contribution in [0, 0.1) is 17.2 Å². The molecule has 0 spiro atoms. The smallest absolute Gasteiger partial charge is 0.408 e. The van der Waals surface area contributed by atoms with Gasteiger partial charge in [0, 0.05) is 6.54 Å². The molecule has 1 aliphatic heterocycles. The molecular weight excluding hydrogens is 282 g/mol. The van der Waals surface area contributed by atoms with Gasteiger partial charge in [-0.05, 0) is 39.5 Å². The van der Waals surface area contributed by atoms with Gasteiger partial charge in [-0.15, -0.1) is 0 Å². The summed E-state index contributed by atoms with van der Waals surface area (Å²) in [7, 11) is 0. The number of hydrogen-bond donors (Lipinski definition) is 1. The maximum atomic E-state index is 12.7. The summed E-state index contributed by atoms with van der Waals surface area (Å²) in [6.07, 6.45) is 1.67. The number of rotatable bonds is 4. The van der Waals surface area contributed by atoms with Crippen molar-refractivity contribution in [2.24, 2.45) is 5.92 Å². The lowest BCUT2D eigenvalue weighted by molar-refractivity contribution is -0.134. The fourth-order valence-electron chi connectivity index (χ4n) is 2.46. The number of hydrogen-bond acceptors (Lipinski definition) is 4. The third-order valence-corrected chi connectivity index (χ3v) is 3.84. The Balaban J connectivity index is 2.82. The number of likely N-dealkylation sites (tertiary alicyclic amines) is 1. The zero-order valence-electron chi connectivity index (χ0n) is 14.2. The van der Waals surface area contributed by atoms with E-state index in [-0.39, 0.29) is 17.9 Å². The van der Waals surface area contributed by atoms with Crippen LogP contribution in [0.1, 0.15) is 53.9 Å². The molecule has 6 heteroatoms. The molecule has 0 aliphatic carbocycles. The molecule has 1 heterocycles. The van der Waals surface area contributed by atoms with E-state index in [0.29, 0.717) is 13.0 Å². The average Bonchev–Trinajstić information content (AvgIpc) is 2.89. The fourth-order valence-corrected chi connectivity index (χ4v) is 2.46. The number of nitrogens with zero attached hydrogens (tertiary/aromatic N) is 2. The van der Waals surface area contributed by atoms with Crippen LogP contribution < -0.4 is 5.32 Å². The minimum atomic E-state index is -0.659. The Bertz CT molecular complexity index is 451. The van der Waals surface area contributed by atoms with Gasteiger partial charge in [0.25, 0.3) is 0 Å². The van der Waals surface area contributed by atoms with Crippen LogP contribution in [-0.4, -0.2) is 41.1 Å². The van der Waals surface area contributed by atoms with Gasteiger partial charge in [0.2, 0.25) is 5.91 Å². The molecule has 1 rings (SSSR count). The Kier molecular flexibility index (Phi) is 6.21. The van der Waals surface area contributed by atoms with Crippen LogP contribution in [0.25, 0.3) is 0 Å². The lowest BCUT2D eigenvalue weighted by atomic mass is 9.97. The van der Waals surface area contributed by atoms with Crippen molar-refractivity contribution in [1.29, 1.82) is 5.26 Å². The molecule has 1 N–H and O–H groups in total. The molecule has 3 atom stereocenters. The molecule has 6 nitrogen and oxygen atoms in total. The third kappa shape index (κ3) is 4.90. The van der Waals surface area contributed by atoms with E-state index in [0.717, 1.165) is 12.8 Å². The summed E-state index contributed by atoms with van der Waals surface area (Å²) in [5.41, 5.74) is -0.615. The quantitative estimate of drug-likeness (QED) is 0.864. The zero-order valence-corrected chi connectivity index (χ0v) is 14.2. The van der Waals surface area contributed by atoms with Crippen molar-refractivity contribution in [1.82, 2.24) is 10.2 Å². The Labute approximate surface area is 132 Å². The second-order valence-corrected chi connectivity index (χ2v) is 6.83. The van der Waals surface area contributed by atoms with E-state index >= 15 is 0 Å². The van der Waals surface area contributed by atoms with Crippen LogP contribution in [0.5, 0.6) is 0 Å². The van der Waals surface area contributed by atoms with Gasteiger partial charge in [-0.3, -0.25) is 4.79 Å². The van der Waals surface area contributed by atoms with Gasteiger partial charge < -0.3 is 15.0 Å². The lowest BCUT2D eigenvalue weighted by Gasteiger charge is -2.30. The summed E-state index contributed by atoms with van der Waals surface area (Å²) in [6, 6.07) is 1.11. The molecule has 124 valence electrons. The SMILES string of the molecule is CCC(C)[C@H](NC(=O)OC(C)(C)C)C(=O)N1CCCC1C#N. The normalized spacial score (nSPS) is 20.9. The molecule has 0 aromatic carbocycles. The Morgan fingerprint density at radius 1 is 1.45 bits per heavy atom. The predicted octanol–water partition coefficient (Wildman–Crippen LogP) is 2.44. The van der Waals surface area contributed by atoms with Crippen molar-refractivity contribution < 1.29 is 14.3 Å². The number of amides is 2. The number of ether oxygens (including phenoxy) is 1. The van der Waals surface area contributed by atoms with Crippen molar-refractivity contribution in [2.75, 3.05) is 6.54 Å². The summed E-state index contributed by atoms with van der Waals surface area (Å²) in [6.45, 7) is 9.78. The Morgan fingerprint density at radius 3 is 2.59 bits per heavy atom. The predicted molar refractivity (Wildman–Crippen MR) is 83.0 cm³/mol. The summed E-state index contributed by atoms with van der Waals surface area (Å²) < 4.78 is 5.24. The molecule has 2 amide bonds. The molecule has 0 bridgehead atoms. The van der Waals surface area contributed by atoms with Gasteiger partial charge in [-0.2, -0.15) is 5.26 Å². The molecule has 0 aromatic heterocycles. The number of nitrogens with one attached hydrogen (secondary N) is 1. The molecule has 1 saturated heterocycles. The van der Waals surface area contributed by atoms with Crippen LogP contribution in [0.2, 0.25) is 0 Å². The minimum absolute atomic E-state index is 0.0278. The maximum absolute atomic E-state index is 12.7. The summed E-state index contributed by atoms with van der Waals surface area (Å²) in [4.78, 5) is 26.3.